The molecule has 1 rings (SSSR count). The fourth-order valence-electron chi connectivity index (χ4n) is 1.46. The lowest BCUT2D eigenvalue weighted by molar-refractivity contribution is 0.297. The highest BCUT2D eigenvalue weighted by Gasteiger charge is 2.02. The monoisotopic (exact) mass is 227 g/mol. The van der Waals surface area contributed by atoms with E-state index < -0.39 is 0 Å². The van der Waals surface area contributed by atoms with E-state index in [9.17, 15) is 0 Å². The first-order valence-corrected chi connectivity index (χ1v) is 5.74. The minimum Gasteiger partial charge on any atom is -0.497 e. The van der Waals surface area contributed by atoms with Crippen molar-refractivity contribution < 1.29 is 4.74 Å². The summed E-state index contributed by atoms with van der Waals surface area (Å²) in [5, 5.41) is 0. The first kappa shape index (κ1) is 12.3. The Morgan fingerprint density at radius 3 is 2.40 bits per heavy atom. The summed E-state index contributed by atoms with van der Waals surface area (Å²) in [6.07, 6.45) is 0. The third-order valence-corrected chi connectivity index (χ3v) is 2.58. The van der Waals surface area contributed by atoms with E-state index >= 15 is 0 Å². The molecular weight excluding hydrogens is 210 g/mol. The molecule has 0 N–H and O–H groups in total. The third-order valence-electron chi connectivity index (χ3n) is 2.41. The first-order valence-electron chi connectivity index (χ1n) is 5.21. The molecule has 0 amide bonds. The number of ether oxygens (including phenoxy) is 1. The van der Waals surface area contributed by atoms with Crippen molar-refractivity contribution in [3.63, 3.8) is 0 Å². The molecule has 2 nitrogen and oxygen atoms in total. The number of hydrogen-bond acceptors (Lipinski definition) is 2. The van der Waals surface area contributed by atoms with Gasteiger partial charge in [0.05, 0.1) is 7.11 Å². The molecule has 15 heavy (non-hydrogen) atoms. The molecule has 0 atom stereocenters. The number of nitrogens with zero attached hydrogens (tertiary/aromatic N) is 1. The molecule has 0 bridgehead atoms. The second kappa shape index (κ2) is 6.70. The summed E-state index contributed by atoms with van der Waals surface area (Å²) in [6, 6.07) is 8.17. The van der Waals surface area contributed by atoms with E-state index in [-0.39, 0.29) is 0 Å². The van der Waals surface area contributed by atoms with Crippen molar-refractivity contribution in [1.29, 1.82) is 0 Å². The molecule has 0 unspecified atom stereocenters. The van der Waals surface area contributed by atoms with E-state index in [0.29, 0.717) is 5.88 Å². The Hall–Kier alpha value is -0.730. The van der Waals surface area contributed by atoms with Crippen LogP contribution in [0.3, 0.4) is 0 Å². The molecule has 0 fully saturated rings. The van der Waals surface area contributed by atoms with Gasteiger partial charge in [-0.2, -0.15) is 0 Å². The van der Waals surface area contributed by atoms with Crippen molar-refractivity contribution >= 4 is 11.6 Å². The van der Waals surface area contributed by atoms with Crippen LogP contribution in [-0.4, -0.2) is 31.0 Å². The van der Waals surface area contributed by atoms with Crippen LogP contribution in [0.1, 0.15) is 12.5 Å². The van der Waals surface area contributed by atoms with E-state index in [1.54, 1.807) is 7.11 Å². The van der Waals surface area contributed by atoms with Gasteiger partial charge in [-0.15, -0.1) is 11.6 Å². The average molecular weight is 228 g/mol. The largest absolute Gasteiger partial charge is 0.497 e. The Balaban J connectivity index is 2.55. The minimum atomic E-state index is 0.685. The SMILES string of the molecule is CCN(CCCl)Cc1ccc(OC)cc1. The Bertz CT molecular complexity index is 273. The second-order valence-electron chi connectivity index (χ2n) is 3.41. The van der Waals surface area contributed by atoms with Gasteiger partial charge in [0, 0.05) is 19.0 Å². The Morgan fingerprint density at radius 1 is 1.27 bits per heavy atom. The van der Waals surface area contributed by atoms with E-state index in [1.165, 1.54) is 5.56 Å². The van der Waals surface area contributed by atoms with Crippen LogP contribution in [0.15, 0.2) is 24.3 Å². The highest BCUT2D eigenvalue weighted by atomic mass is 35.5. The molecule has 0 saturated carbocycles. The first-order chi connectivity index (χ1) is 7.30. The molecule has 84 valence electrons. The summed E-state index contributed by atoms with van der Waals surface area (Å²) in [5.41, 5.74) is 1.29. The van der Waals surface area contributed by atoms with Crippen LogP contribution in [0.25, 0.3) is 0 Å². The maximum atomic E-state index is 5.73. The summed E-state index contributed by atoms with van der Waals surface area (Å²) < 4.78 is 5.11. The molecule has 0 aliphatic carbocycles. The quantitative estimate of drug-likeness (QED) is 0.693. The number of methoxy groups -OCH3 is 1. The normalized spacial score (nSPS) is 10.7. The second-order valence-corrected chi connectivity index (χ2v) is 3.78. The molecule has 0 aromatic heterocycles. The number of rotatable bonds is 6. The zero-order chi connectivity index (χ0) is 11.1. The summed E-state index contributed by atoms with van der Waals surface area (Å²) in [7, 11) is 1.68. The molecule has 0 aliphatic rings. The maximum absolute atomic E-state index is 5.73. The van der Waals surface area contributed by atoms with E-state index in [4.69, 9.17) is 16.3 Å². The maximum Gasteiger partial charge on any atom is 0.118 e. The molecule has 1 aromatic rings. The molecule has 0 saturated heterocycles. The van der Waals surface area contributed by atoms with E-state index in [2.05, 4.69) is 24.0 Å². The molecule has 0 spiro atoms. The van der Waals surface area contributed by atoms with Crippen molar-refractivity contribution in [2.75, 3.05) is 26.1 Å². The highest BCUT2D eigenvalue weighted by molar-refractivity contribution is 6.18. The van der Waals surface area contributed by atoms with Gasteiger partial charge in [-0.3, -0.25) is 4.90 Å². The molecule has 0 heterocycles. The smallest absolute Gasteiger partial charge is 0.118 e. The van der Waals surface area contributed by atoms with Crippen molar-refractivity contribution in [3.05, 3.63) is 29.8 Å². The van der Waals surface area contributed by atoms with Gasteiger partial charge < -0.3 is 4.74 Å². The van der Waals surface area contributed by atoms with Gasteiger partial charge in [0.1, 0.15) is 5.75 Å². The van der Waals surface area contributed by atoms with Gasteiger partial charge in [-0.25, -0.2) is 0 Å². The summed E-state index contributed by atoms with van der Waals surface area (Å²) in [4.78, 5) is 2.31. The third kappa shape index (κ3) is 4.10. The number of halogens is 1. The van der Waals surface area contributed by atoms with Gasteiger partial charge >= 0.3 is 0 Å². The molecular formula is C12H18ClNO. The lowest BCUT2D eigenvalue weighted by Gasteiger charge is -2.18. The molecule has 0 radical (unpaired) electrons. The highest BCUT2D eigenvalue weighted by Crippen LogP contribution is 2.12. The van der Waals surface area contributed by atoms with Gasteiger partial charge in [-0.05, 0) is 24.2 Å². The van der Waals surface area contributed by atoms with Crippen LogP contribution in [0.4, 0.5) is 0 Å². The van der Waals surface area contributed by atoms with Gasteiger partial charge in [-0.1, -0.05) is 19.1 Å². The summed E-state index contributed by atoms with van der Waals surface area (Å²) in [6.45, 7) is 5.06. The number of benzene rings is 1. The molecule has 1 aromatic carbocycles. The summed E-state index contributed by atoms with van der Waals surface area (Å²) in [5.74, 6) is 1.59. The van der Waals surface area contributed by atoms with Crippen LogP contribution in [-0.2, 0) is 6.54 Å². The van der Waals surface area contributed by atoms with Crippen molar-refractivity contribution in [3.8, 4) is 5.75 Å². The predicted octanol–water partition coefficient (Wildman–Crippen LogP) is 2.76. The fraction of sp³-hybridized carbons (Fsp3) is 0.500. The lowest BCUT2D eigenvalue weighted by atomic mass is 10.2. The van der Waals surface area contributed by atoms with Gasteiger partial charge in [0.25, 0.3) is 0 Å². The fourth-order valence-corrected chi connectivity index (χ4v) is 1.70. The number of hydrogen-bond donors (Lipinski definition) is 0. The minimum absolute atomic E-state index is 0.685. The van der Waals surface area contributed by atoms with E-state index in [1.807, 2.05) is 12.1 Å². The topological polar surface area (TPSA) is 12.5 Å². The van der Waals surface area contributed by atoms with Gasteiger partial charge in [0.2, 0.25) is 0 Å². The van der Waals surface area contributed by atoms with Crippen molar-refractivity contribution in [2.24, 2.45) is 0 Å². The standard InChI is InChI=1S/C12H18ClNO/c1-3-14(9-8-13)10-11-4-6-12(15-2)7-5-11/h4-7H,3,8-10H2,1-2H3. The predicted molar refractivity (Wildman–Crippen MR) is 64.7 cm³/mol. The Kier molecular flexibility index (Phi) is 5.51. The van der Waals surface area contributed by atoms with Gasteiger partial charge in [0.15, 0.2) is 0 Å². The lowest BCUT2D eigenvalue weighted by Crippen LogP contribution is -2.24. The van der Waals surface area contributed by atoms with Crippen molar-refractivity contribution in [1.82, 2.24) is 4.90 Å². The van der Waals surface area contributed by atoms with Crippen LogP contribution < -0.4 is 4.74 Å². The van der Waals surface area contributed by atoms with E-state index in [0.717, 1.165) is 25.4 Å². The van der Waals surface area contributed by atoms with Crippen molar-refractivity contribution in [2.45, 2.75) is 13.5 Å². The summed E-state index contributed by atoms with van der Waals surface area (Å²) >= 11 is 5.73. The molecule has 0 aliphatic heterocycles. The Labute approximate surface area is 96.8 Å². The van der Waals surface area contributed by atoms with Crippen LogP contribution in [0.2, 0.25) is 0 Å². The zero-order valence-electron chi connectivity index (χ0n) is 9.37. The average Bonchev–Trinajstić information content (AvgIpc) is 2.29. The number of alkyl halides is 1. The van der Waals surface area contributed by atoms with Crippen LogP contribution in [0, 0.1) is 0 Å². The molecule has 3 heteroatoms. The van der Waals surface area contributed by atoms with Crippen LogP contribution >= 0.6 is 11.6 Å². The Morgan fingerprint density at radius 2 is 1.93 bits per heavy atom. The zero-order valence-corrected chi connectivity index (χ0v) is 10.1. The van der Waals surface area contributed by atoms with Crippen LogP contribution in [0.5, 0.6) is 5.75 Å².